The van der Waals surface area contributed by atoms with Crippen LogP contribution in [0.25, 0.3) is 0 Å². The highest BCUT2D eigenvalue weighted by atomic mass is 32.1. The van der Waals surface area contributed by atoms with E-state index in [0.29, 0.717) is 0 Å². The summed E-state index contributed by atoms with van der Waals surface area (Å²) >= 11 is 1.81. The zero-order valence-electron chi connectivity index (χ0n) is 8.83. The van der Waals surface area contributed by atoms with Crippen LogP contribution in [0.4, 0.5) is 0 Å². The van der Waals surface area contributed by atoms with Crippen LogP contribution < -0.4 is 5.32 Å². The van der Waals surface area contributed by atoms with Crippen molar-refractivity contribution in [2.45, 2.75) is 38.6 Å². The molecule has 1 aromatic heterocycles. The Morgan fingerprint density at radius 2 is 2.43 bits per heavy atom. The summed E-state index contributed by atoms with van der Waals surface area (Å²) in [6.45, 7) is 3.32. The maximum absolute atomic E-state index is 3.61. The molecule has 0 aromatic carbocycles. The Bertz CT molecular complexity index is 251. The summed E-state index contributed by atoms with van der Waals surface area (Å²) in [5, 5.41) is 8.06. The lowest BCUT2D eigenvalue weighted by atomic mass is 10.0. The van der Waals surface area contributed by atoms with Gasteiger partial charge >= 0.3 is 0 Å². The van der Waals surface area contributed by atoms with Gasteiger partial charge in [-0.2, -0.15) is 11.3 Å². The van der Waals surface area contributed by atoms with Crippen molar-refractivity contribution >= 4 is 11.3 Å². The normalized spacial score (nSPS) is 18.4. The fraction of sp³-hybridized carbons (Fsp3) is 0.667. The van der Waals surface area contributed by atoms with Crippen LogP contribution in [0.3, 0.4) is 0 Å². The quantitative estimate of drug-likeness (QED) is 0.759. The van der Waals surface area contributed by atoms with E-state index in [9.17, 15) is 0 Å². The van der Waals surface area contributed by atoms with Gasteiger partial charge in [0, 0.05) is 6.04 Å². The molecule has 1 nitrogen and oxygen atoms in total. The molecule has 1 aliphatic carbocycles. The van der Waals surface area contributed by atoms with Gasteiger partial charge in [0.15, 0.2) is 0 Å². The summed E-state index contributed by atoms with van der Waals surface area (Å²) in [7, 11) is 0. The number of hydrogen-bond acceptors (Lipinski definition) is 2. The van der Waals surface area contributed by atoms with Crippen molar-refractivity contribution in [1.82, 2.24) is 5.32 Å². The largest absolute Gasteiger partial charge is 0.314 e. The molecule has 2 rings (SSSR count). The predicted molar refractivity (Wildman–Crippen MR) is 62.8 cm³/mol. The highest BCUT2D eigenvalue weighted by molar-refractivity contribution is 7.07. The van der Waals surface area contributed by atoms with Crippen molar-refractivity contribution in [3.63, 3.8) is 0 Å². The van der Waals surface area contributed by atoms with Crippen LogP contribution in [-0.4, -0.2) is 12.6 Å². The van der Waals surface area contributed by atoms with E-state index in [-0.39, 0.29) is 0 Å². The zero-order valence-corrected chi connectivity index (χ0v) is 9.65. The summed E-state index contributed by atoms with van der Waals surface area (Å²) in [6.07, 6.45) is 5.45. The SMILES string of the molecule is CCNC(CCc1ccsc1)C1CC1. The first-order chi connectivity index (χ1) is 6.90. The summed E-state index contributed by atoms with van der Waals surface area (Å²) in [4.78, 5) is 0. The van der Waals surface area contributed by atoms with E-state index in [1.54, 1.807) is 0 Å². The summed E-state index contributed by atoms with van der Waals surface area (Å²) in [5.41, 5.74) is 1.51. The first-order valence-electron chi connectivity index (χ1n) is 5.64. The molecule has 0 spiro atoms. The topological polar surface area (TPSA) is 12.0 Å². The van der Waals surface area contributed by atoms with E-state index in [4.69, 9.17) is 0 Å². The van der Waals surface area contributed by atoms with Crippen molar-refractivity contribution in [2.75, 3.05) is 6.54 Å². The Balaban J connectivity index is 1.76. The molecule has 1 saturated carbocycles. The Labute approximate surface area is 90.5 Å². The molecule has 1 heterocycles. The fourth-order valence-electron chi connectivity index (χ4n) is 2.02. The summed E-state index contributed by atoms with van der Waals surface area (Å²) in [5.74, 6) is 0.980. The minimum absolute atomic E-state index is 0.778. The van der Waals surface area contributed by atoms with Gasteiger partial charge in [-0.15, -0.1) is 0 Å². The van der Waals surface area contributed by atoms with Gasteiger partial charge in [0.05, 0.1) is 0 Å². The lowest BCUT2D eigenvalue weighted by Crippen LogP contribution is -2.31. The number of aryl methyl sites for hydroxylation is 1. The highest BCUT2D eigenvalue weighted by Gasteiger charge is 2.29. The van der Waals surface area contributed by atoms with Crippen LogP contribution >= 0.6 is 11.3 Å². The van der Waals surface area contributed by atoms with Crippen LogP contribution in [-0.2, 0) is 6.42 Å². The van der Waals surface area contributed by atoms with Gasteiger partial charge in [0.25, 0.3) is 0 Å². The smallest absolute Gasteiger partial charge is 0.00983 e. The van der Waals surface area contributed by atoms with Gasteiger partial charge in [0.1, 0.15) is 0 Å². The minimum Gasteiger partial charge on any atom is -0.314 e. The third-order valence-corrected chi connectivity index (χ3v) is 3.71. The van der Waals surface area contributed by atoms with Gasteiger partial charge in [0.2, 0.25) is 0 Å². The van der Waals surface area contributed by atoms with Crippen molar-refractivity contribution in [2.24, 2.45) is 5.92 Å². The van der Waals surface area contributed by atoms with E-state index in [0.717, 1.165) is 18.5 Å². The highest BCUT2D eigenvalue weighted by Crippen LogP contribution is 2.34. The molecule has 1 aliphatic rings. The fourth-order valence-corrected chi connectivity index (χ4v) is 2.73. The maximum Gasteiger partial charge on any atom is 0.00983 e. The molecule has 0 radical (unpaired) electrons. The minimum atomic E-state index is 0.778. The van der Waals surface area contributed by atoms with Gasteiger partial charge < -0.3 is 5.32 Å². The number of rotatable bonds is 6. The Kier molecular flexibility index (Phi) is 3.60. The molecular formula is C12H19NS. The lowest BCUT2D eigenvalue weighted by molar-refractivity contribution is 0.446. The molecule has 14 heavy (non-hydrogen) atoms. The second-order valence-electron chi connectivity index (χ2n) is 4.17. The van der Waals surface area contributed by atoms with Crippen molar-refractivity contribution in [3.8, 4) is 0 Å². The molecule has 1 N–H and O–H groups in total. The second-order valence-corrected chi connectivity index (χ2v) is 4.95. The third-order valence-electron chi connectivity index (χ3n) is 2.98. The van der Waals surface area contributed by atoms with E-state index in [1.807, 2.05) is 11.3 Å². The Morgan fingerprint density at radius 3 is 3.00 bits per heavy atom. The predicted octanol–water partition coefficient (Wildman–Crippen LogP) is 3.07. The van der Waals surface area contributed by atoms with Crippen molar-refractivity contribution < 1.29 is 0 Å². The third kappa shape index (κ3) is 2.82. The molecule has 1 unspecified atom stereocenters. The van der Waals surface area contributed by atoms with E-state index in [2.05, 4.69) is 29.1 Å². The number of thiophene rings is 1. The zero-order chi connectivity index (χ0) is 9.80. The van der Waals surface area contributed by atoms with Crippen LogP contribution in [0, 0.1) is 5.92 Å². The summed E-state index contributed by atoms with van der Waals surface area (Å²) < 4.78 is 0. The number of nitrogens with one attached hydrogen (secondary N) is 1. The first kappa shape index (κ1) is 10.2. The lowest BCUT2D eigenvalue weighted by Gasteiger charge is -2.16. The van der Waals surface area contributed by atoms with Gasteiger partial charge in [-0.25, -0.2) is 0 Å². The molecule has 1 atom stereocenters. The second kappa shape index (κ2) is 4.94. The van der Waals surface area contributed by atoms with Crippen molar-refractivity contribution in [1.29, 1.82) is 0 Å². The molecule has 0 aliphatic heterocycles. The Hall–Kier alpha value is -0.340. The molecule has 1 fully saturated rings. The maximum atomic E-state index is 3.61. The van der Waals surface area contributed by atoms with E-state index >= 15 is 0 Å². The average molecular weight is 209 g/mol. The molecule has 0 saturated heterocycles. The molecule has 0 bridgehead atoms. The van der Waals surface area contributed by atoms with Crippen LogP contribution in [0.15, 0.2) is 16.8 Å². The van der Waals surface area contributed by atoms with E-state index < -0.39 is 0 Å². The molecule has 2 heteroatoms. The monoisotopic (exact) mass is 209 g/mol. The first-order valence-corrected chi connectivity index (χ1v) is 6.59. The van der Waals surface area contributed by atoms with Crippen molar-refractivity contribution in [3.05, 3.63) is 22.4 Å². The number of hydrogen-bond donors (Lipinski definition) is 1. The van der Waals surface area contributed by atoms with Gasteiger partial charge in [-0.1, -0.05) is 6.92 Å². The van der Waals surface area contributed by atoms with E-state index in [1.165, 1.54) is 31.2 Å². The van der Waals surface area contributed by atoms with Gasteiger partial charge in [-0.3, -0.25) is 0 Å². The standard InChI is InChI=1S/C12H19NS/c1-2-13-12(11-4-5-11)6-3-10-7-8-14-9-10/h7-9,11-13H,2-6H2,1H3. The average Bonchev–Trinajstić information content (AvgIpc) is 2.90. The summed E-state index contributed by atoms with van der Waals surface area (Å²) in [6, 6.07) is 3.03. The molecular weight excluding hydrogens is 190 g/mol. The van der Waals surface area contributed by atoms with Crippen LogP contribution in [0.1, 0.15) is 31.7 Å². The van der Waals surface area contributed by atoms with Gasteiger partial charge in [-0.05, 0) is 60.5 Å². The Morgan fingerprint density at radius 1 is 1.57 bits per heavy atom. The van der Waals surface area contributed by atoms with Crippen LogP contribution in [0.2, 0.25) is 0 Å². The molecule has 1 aromatic rings. The molecule has 78 valence electrons. The molecule has 0 amide bonds. The van der Waals surface area contributed by atoms with Crippen LogP contribution in [0.5, 0.6) is 0 Å².